The highest BCUT2D eigenvalue weighted by molar-refractivity contribution is 6.46. The molecule has 2 N–H and O–H groups in total. The minimum atomic E-state index is -2.98. The van der Waals surface area contributed by atoms with E-state index in [0.29, 0.717) is 36.3 Å². The zero-order chi connectivity index (χ0) is 32.1. The zero-order valence-corrected chi connectivity index (χ0v) is 25.9. The summed E-state index contributed by atoms with van der Waals surface area (Å²) in [5, 5.41) is 11.5. The van der Waals surface area contributed by atoms with Crippen molar-refractivity contribution in [1.82, 2.24) is 10.2 Å². The van der Waals surface area contributed by atoms with Crippen molar-refractivity contribution in [3.63, 3.8) is 0 Å². The van der Waals surface area contributed by atoms with Gasteiger partial charge in [-0.2, -0.15) is 8.78 Å². The largest absolute Gasteiger partial charge is 0.481 e. The third-order valence-electron chi connectivity index (χ3n) is 9.38. The lowest BCUT2D eigenvalue weighted by Gasteiger charge is -2.48. The third kappa shape index (κ3) is 7.27. The van der Waals surface area contributed by atoms with Gasteiger partial charge in [-0.1, -0.05) is 64.8 Å². The van der Waals surface area contributed by atoms with Crippen molar-refractivity contribution in [2.24, 2.45) is 16.3 Å². The van der Waals surface area contributed by atoms with Crippen LogP contribution in [0.15, 0.2) is 53.5 Å². The standard InChI is InChI=1S/C34H43F2N3O5/c1-5-8-27(22-11-13-23(14-12-22)30(42)37-20-17-28(40)41)39-31(43)29(24-9-7-10-26(21-24)44-32(35)36)38-34(39)18-15-25(16-19-34)33(3,4)6-2/h7,9-14,21,25,27,32H,5-6,8,15-20H2,1-4H3,(H,37,42)(H,40,41)/t25?,27-,34?/m1/s1. The second-order valence-corrected chi connectivity index (χ2v) is 12.5. The van der Waals surface area contributed by atoms with Crippen LogP contribution < -0.4 is 10.1 Å². The molecule has 4 rings (SSSR count). The highest BCUT2D eigenvalue weighted by Crippen LogP contribution is 2.50. The molecule has 8 nitrogen and oxygen atoms in total. The van der Waals surface area contributed by atoms with E-state index in [2.05, 4.69) is 37.7 Å². The number of amides is 2. The van der Waals surface area contributed by atoms with Crippen LogP contribution in [0.5, 0.6) is 5.75 Å². The van der Waals surface area contributed by atoms with Crippen LogP contribution >= 0.6 is 0 Å². The van der Waals surface area contributed by atoms with E-state index in [9.17, 15) is 23.2 Å². The SMILES string of the molecule is CCC[C@H](c1ccc(C(=O)NCCC(=O)O)cc1)N1C(=O)C(c2cccc(OC(F)F)c2)=NC12CCC(C(C)(C)CC)CC2. The van der Waals surface area contributed by atoms with Gasteiger partial charge in [0, 0.05) is 17.7 Å². The molecule has 1 aliphatic carbocycles. The Morgan fingerprint density at radius 2 is 1.82 bits per heavy atom. The number of nitrogens with zero attached hydrogens (tertiary/aromatic N) is 2. The Kier molecular flexibility index (Phi) is 10.4. The normalized spacial score (nSPS) is 21.0. The summed E-state index contributed by atoms with van der Waals surface area (Å²) in [4.78, 5) is 44.8. The summed E-state index contributed by atoms with van der Waals surface area (Å²) in [6, 6.07) is 12.9. The lowest BCUT2D eigenvalue weighted by atomic mass is 9.67. The van der Waals surface area contributed by atoms with Crippen molar-refractivity contribution < 1.29 is 33.0 Å². The molecule has 1 atom stereocenters. The summed E-state index contributed by atoms with van der Waals surface area (Å²) in [5.74, 6) is -1.15. The van der Waals surface area contributed by atoms with E-state index in [1.165, 1.54) is 12.1 Å². The van der Waals surface area contributed by atoms with Crippen LogP contribution in [-0.4, -0.2) is 52.3 Å². The Hall–Kier alpha value is -3.82. The molecule has 1 fully saturated rings. The van der Waals surface area contributed by atoms with E-state index < -0.39 is 18.2 Å². The predicted molar refractivity (Wildman–Crippen MR) is 164 cm³/mol. The van der Waals surface area contributed by atoms with Crippen molar-refractivity contribution in [2.45, 2.75) is 97.4 Å². The second-order valence-electron chi connectivity index (χ2n) is 12.5. The molecule has 1 spiro atoms. The molecule has 0 radical (unpaired) electrons. The quantitative estimate of drug-likeness (QED) is 0.254. The van der Waals surface area contributed by atoms with Crippen LogP contribution in [0.1, 0.15) is 107 Å². The molecule has 1 aliphatic heterocycles. The molecule has 1 heterocycles. The number of halogens is 2. The number of benzene rings is 2. The number of carbonyl (C=O) groups is 3. The summed E-state index contributed by atoms with van der Waals surface area (Å²) in [5.41, 5.74) is 1.32. The number of carboxylic acid groups (broad SMARTS) is 1. The molecule has 0 saturated heterocycles. The van der Waals surface area contributed by atoms with Gasteiger partial charge in [-0.05, 0) is 73.3 Å². The van der Waals surface area contributed by atoms with Gasteiger partial charge in [0.1, 0.15) is 17.1 Å². The first-order valence-corrected chi connectivity index (χ1v) is 15.5. The lowest BCUT2D eigenvalue weighted by Crippen LogP contribution is -2.51. The first kappa shape index (κ1) is 33.1. The fourth-order valence-electron chi connectivity index (χ4n) is 6.52. The smallest absolute Gasteiger partial charge is 0.387 e. The molecule has 0 bridgehead atoms. The van der Waals surface area contributed by atoms with E-state index in [-0.39, 0.29) is 47.7 Å². The predicted octanol–water partition coefficient (Wildman–Crippen LogP) is 6.99. The first-order valence-electron chi connectivity index (χ1n) is 15.5. The number of aliphatic imine (C=N–C) groups is 1. The van der Waals surface area contributed by atoms with Crippen molar-refractivity contribution in [3.8, 4) is 5.75 Å². The molecule has 1 saturated carbocycles. The van der Waals surface area contributed by atoms with E-state index in [1.54, 1.807) is 24.3 Å². The highest BCUT2D eigenvalue weighted by atomic mass is 19.3. The maximum atomic E-state index is 14.4. The fourth-order valence-corrected chi connectivity index (χ4v) is 6.52. The average molecular weight is 612 g/mol. The van der Waals surface area contributed by atoms with Crippen LogP contribution in [0.25, 0.3) is 0 Å². The second kappa shape index (κ2) is 13.9. The Balaban J connectivity index is 1.69. The van der Waals surface area contributed by atoms with Gasteiger partial charge < -0.3 is 20.1 Å². The van der Waals surface area contributed by atoms with Crippen molar-refractivity contribution in [2.75, 3.05) is 6.54 Å². The van der Waals surface area contributed by atoms with Gasteiger partial charge in [0.15, 0.2) is 0 Å². The topological polar surface area (TPSA) is 108 Å². The molecule has 2 amide bonds. The lowest BCUT2D eigenvalue weighted by molar-refractivity contribution is -0.137. The van der Waals surface area contributed by atoms with Crippen molar-refractivity contribution in [3.05, 3.63) is 65.2 Å². The van der Waals surface area contributed by atoms with E-state index in [0.717, 1.165) is 31.2 Å². The number of nitrogens with one attached hydrogen (secondary N) is 1. The minimum absolute atomic E-state index is 0.0265. The number of carbonyl (C=O) groups excluding carboxylic acids is 2. The van der Waals surface area contributed by atoms with Crippen molar-refractivity contribution in [1.29, 1.82) is 0 Å². The van der Waals surface area contributed by atoms with E-state index in [1.807, 2.05) is 17.0 Å². The Bertz CT molecular complexity index is 1370. The Morgan fingerprint density at radius 3 is 2.41 bits per heavy atom. The molecular weight excluding hydrogens is 568 g/mol. The van der Waals surface area contributed by atoms with Gasteiger partial charge in [0.25, 0.3) is 11.8 Å². The number of aliphatic carboxylic acids is 1. The monoisotopic (exact) mass is 611 g/mol. The molecule has 238 valence electrons. The molecule has 44 heavy (non-hydrogen) atoms. The van der Waals surface area contributed by atoms with Gasteiger partial charge in [0.05, 0.1) is 12.5 Å². The van der Waals surface area contributed by atoms with Gasteiger partial charge in [-0.15, -0.1) is 0 Å². The molecule has 0 unspecified atom stereocenters. The number of hydrogen-bond acceptors (Lipinski definition) is 5. The molecule has 10 heteroatoms. The van der Waals surface area contributed by atoms with Crippen LogP contribution in [0, 0.1) is 11.3 Å². The Labute approximate surface area is 257 Å². The number of hydrogen-bond donors (Lipinski definition) is 2. The molecule has 2 aromatic carbocycles. The van der Waals surface area contributed by atoms with Crippen molar-refractivity contribution >= 4 is 23.5 Å². The highest BCUT2D eigenvalue weighted by Gasteiger charge is 2.52. The zero-order valence-electron chi connectivity index (χ0n) is 25.9. The Morgan fingerprint density at radius 1 is 1.14 bits per heavy atom. The summed E-state index contributed by atoms with van der Waals surface area (Å²) in [7, 11) is 0. The van der Waals surface area contributed by atoms with Gasteiger partial charge in [0.2, 0.25) is 0 Å². The number of rotatable bonds is 13. The number of alkyl halides is 2. The molecule has 2 aliphatic rings. The van der Waals surface area contributed by atoms with Crippen LogP contribution in [0.3, 0.4) is 0 Å². The average Bonchev–Trinajstić information content (AvgIpc) is 3.26. The maximum Gasteiger partial charge on any atom is 0.387 e. The molecule has 0 aromatic heterocycles. The van der Waals surface area contributed by atoms with Gasteiger partial charge in [-0.3, -0.25) is 19.4 Å². The summed E-state index contributed by atoms with van der Waals surface area (Å²) in [6.45, 7) is 5.87. The van der Waals surface area contributed by atoms with E-state index >= 15 is 0 Å². The first-order chi connectivity index (χ1) is 20.9. The summed E-state index contributed by atoms with van der Waals surface area (Å²) < 4.78 is 30.6. The summed E-state index contributed by atoms with van der Waals surface area (Å²) in [6.07, 6.45) is 5.53. The van der Waals surface area contributed by atoms with Gasteiger partial charge in [-0.25, -0.2) is 0 Å². The number of carboxylic acids is 1. The molecule has 2 aromatic rings. The summed E-state index contributed by atoms with van der Waals surface area (Å²) >= 11 is 0. The number of ether oxygens (including phenoxy) is 1. The molecular formula is C34H43F2N3O5. The third-order valence-corrected chi connectivity index (χ3v) is 9.38. The van der Waals surface area contributed by atoms with Crippen LogP contribution in [0.2, 0.25) is 0 Å². The van der Waals surface area contributed by atoms with Crippen LogP contribution in [0.4, 0.5) is 8.78 Å². The fraction of sp³-hybridized carbons (Fsp3) is 0.529. The minimum Gasteiger partial charge on any atom is -0.481 e. The van der Waals surface area contributed by atoms with Crippen LogP contribution in [-0.2, 0) is 9.59 Å². The maximum absolute atomic E-state index is 14.4. The van der Waals surface area contributed by atoms with E-state index in [4.69, 9.17) is 10.1 Å². The van der Waals surface area contributed by atoms with Gasteiger partial charge >= 0.3 is 12.6 Å².